The summed E-state index contributed by atoms with van der Waals surface area (Å²) in [5.74, 6) is 1.43. The summed E-state index contributed by atoms with van der Waals surface area (Å²) < 4.78 is 20.4. The zero-order valence-electron chi connectivity index (χ0n) is 41.3. The highest BCUT2D eigenvalue weighted by molar-refractivity contribution is 5.92. The average Bonchev–Trinajstić information content (AvgIpc) is 3.30. The Kier molecular flexibility index (Phi) is 17.3. The van der Waals surface area contributed by atoms with Crippen molar-refractivity contribution in [3.63, 3.8) is 0 Å². The van der Waals surface area contributed by atoms with Crippen molar-refractivity contribution >= 4 is 46.4 Å². The number of aryl methyl sites for hydroxylation is 4. The number of anilines is 5. The van der Waals surface area contributed by atoms with Crippen LogP contribution in [-0.2, 0) is 33.6 Å². The van der Waals surface area contributed by atoms with Gasteiger partial charge in [0.1, 0.15) is 18.1 Å². The Morgan fingerprint density at radius 2 is 1.70 bits per heavy atom. The first-order valence-electron chi connectivity index (χ1n) is 23.9. The molecule has 2 aromatic carbocycles. The van der Waals surface area contributed by atoms with Gasteiger partial charge in [-0.15, -0.1) is 0 Å². The number of halogens is 1. The number of hydrogen-bond donors (Lipinski definition) is 3. The van der Waals surface area contributed by atoms with E-state index in [1.807, 2.05) is 38.1 Å². The highest BCUT2D eigenvalue weighted by atomic mass is 19.1. The Labute approximate surface area is 396 Å². The number of amides is 3. The van der Waals surface area contributed by atoms with Gasteiger partial charge in [-0.2, -0.15) is 0 Å². The van der Waals surface area contributed by atoms with Crippen LogP contribution in [0.1, 0.15) is 94.3 Å². The molecule has 67 heavy (non-hydrogen) atoms. The fourth-order valence-electron chi connectivity index (χ4n) is 8.78. The van der Waals surface area contributed by atoms with Crippen molar-refractivity contribution in [3.05, 3.63) is 99.4 Å². The summed E-state index contributed by atoms with van der Waals surface area (Å²) in [6.45, 7) is 24.5. The fraction of sp³-hybridized carbons (Fsp3) is 0.500. The van der Waals surface area contributed by atoms with Crippen LogP contribution < -0.4 is 30.5 Å². The number of rotatable bonds is 10. The summed E-state index contributed by atoms with van der Waals surface area (Å²) in [4.78, 5) is 57.5. The molecular formula is C52H71FN10O4. The molecule has 0 saturated carbocycles. The van der Waals surface area contributed by atoms with Crippen molar-refractivity contribution in [3.8, 4) is 5.88 Å². The summed E-state index contributed by atoms with van der Waals surface area (Å²) >= 11 is 0. The smallest absolute Gasteiger partial charge is 0.237 e. The van der Waals surface area contributed by atoms with E-state index in [-0.39, 0.29) is 24.1 Å². The predicted molar refractivity (Wildman–Crippen MR) is 266 cm³/mol. The van der Waals surface area contributed by atoms with Crippen LogP contribution in [-0.4, -0.2) is 108 Å². The molecular weight excluding hydrogens is 848 g/mol. The van der Waals surface area contributed by atoms with Crippen molar-refractivity contribution < 1.29 is 23.5 Å². The molecule has 360 valence electrons. The lowest BCUT2D eigenvalue weighted by atomic mass is 9.94. The van der Waals surface area contributed by atoms with E-state index in [0.717, 1.165) is 104 Å². The third-order valence-electron chi connectivity index (χ3n) is 13.2. The zero-order valence-corrected chi connectivity index (χ0v) is 41.3. The first-order chi connectivity index (χ1) is 32.1. The van der Waals surface area contributed by atoms with Gasteiger partial charge >= 0.3 is 0 Å². The SMILES string of the molecule is CC(C)=C1NC(=O)CCC1C.CCCc1cnc(Nc2ccc(CC(=O)N3CCN(C4CN(c5ccc(C)c(N(C)C(C)=O)c5)C4)CC3)c(F)c2)nc1CC.Cc1cnc2c(c1C)NCCO2. The molecule has 6 heterocycles. The second-order valence-electron chi connectivity index (χ2n) is 18.3. The first kappa shape index (κ1) is 50.3. The van der Waals surface area contributed by atoms with Gasteiger partial charge in [0, 0.05) is 113 Å². The fourth-order valence-corrected chi connectivity index (χ4v) is 8.78. The normalized spacial score (nSPS) is 17.0. The Balaban J connectivity index is 0.000000259. The topological polar surface area (TPSA) is 148 Å². The number of nitrogens with one attached hydrogen (secondary N) is 3. The molecule has 4 aromatic rings. The summed E-state index contributed by atoms with van der Waals surface area (Å²) in [6.07, 6.45) is 8.18. The second-order valence-corrected chi connectivity index (χ2v) is 18.3. The Morgan fingerprint density at radius 3 is 2.36 bits per heavy atom. The Bertz CT molecular complexity index is 2420. The van der Waals surface area contributed by atoms with Crippen molar-refractivity contribution in [1.29, 1.82) is 0 Å². The molecule has 0 radical (unpaired) electrons. The van der Waals surface area contributed by atoms with E-state index in [1.54, 1.807) is 31.0 Å². The number of carbonyl (C=O) groups excluding carboxylic acids is 3. The van der Waals surface area contributed by atoms with Crippen LogP contribution in [0.3, 0.4) is 0 Å². The van der Waals surface area contributed by atoms with Crippen LogP contribution in [0.2, 0.25) is 0 Å². The molecule has 0 bridgehead atoms. The van der Waals surface area contributed by atoms with Gasteiger partial charge in [0.2, 0.25) is 29.5 Å². The number of piperazine rings is 1. The van der Waals surface area contributed by atoms with Gasteiger partial charge in [0.15, 0.2) is 0 Å². The molecule has 2 aromatic heterocycles. The van der Waals surface area contributed by atoms with Crippen molar-refractivity contribution in [2.45, 2.75) is 107 Å². The zero-order chi connectivity index (χ0) is 48.4. The van der Waals surface area contributed by atoms with Crippen LogP contribution >= 0.6 is 0 Å². The van der Waals surface area contributed by atoms with Crippen molar-refractivity contribution in [2.75, 3.05) is 79.9 Å². The van der Waals surface area contributed by atoms with E-state index in [9.17, 15) is 14.4 Å². The molecule has 0 spiro atoms. The number of benzene rings is 2. The van der Waals surface area contributed by atoms with Crippen molar-refractivity contribution in [2.24, 2.45) is 5.92 Å². The number of nitrogens with zero attached hydrogens (tertiary/aromatic N) is 7. The summed E-state index contributed by atoms with van der Waals surface area (Å²) in [6, 6.07) is 11.6. The van der Waals surface area contributed by atoms with Gasteiger partial charge in [0.05, 0.1) is 6.42 Å². The molecule has 14 nitrogen and oxygen atoms in total. The molecule has 15 heteroatoms. The van der Waals surface area contributed by atoms with E-state index in [2.05, 4.69) is 93.5 Å². The van der Waals surface area contributed by atoms with E-state index < -0.39 is 5.82 Å². The number of aromatic nitrogens is 3. The number of piperidine rings is 1. The molecule has 3 amide bonds. The lowest BCUT2D eigenvalue weighted by Crippen LogP contribution is -2.63. The number of fused-ring (bicyclic) bond motifs is 1. The summed E-state index contributed by atoms with van der Waals surface area (Å²) in [5.41, 5.74) is 12.1. The summed E-state index contributed by atoms with van der Waals surface area (Å²) in [7, 11) is 1.81. The average molecular weight is 919 g/mol. The molecule has 0 aliphatic carbocycles. The van der Waals surface area contributed by atoms with E-state index in [4.69, 9.17) is 4.74 Å². The second kappa shape index (κ2) is 23.1. The van der Waals surface area contributed by atoms with Gasteiger partial charge in [-0.05, 0) is 112 Å². The van der Waals surface area contributed by atoms with Crippen molar-refractivity contribution in [1.82, 2.24) is 30.1 Å². The monoisotopic (exact) mass is 919 g/mol. The molecule has 3 N–H and O–H groups in total. The number of pyridine rings is 1. The Morgan fingerprint density at radius 1 is 0.955 bits per heavy atom. The number of hydrogen-bond acceptors (Lipinski definition) is 11. The Hall–Kier alpha value is -6.09. The maximum absolute atomic E-state index is 15.0. The maximum Gasteiger partial charge on any atom is 0.237 e. The van der Waals surface area contributed by atoms with Crippen LogP contribution in [0.5, 0.6) is 5.88 Å². The molecule has 3 fully saturated rings. The molecule has 1 unspecified atom stereocenters. The number of ether oxygens (including phenoxy) is 1. The lowest BCUT2D eigenvalue weighted by Gasteiger charge is -2.49. The van der Waals surface area contributed by atoms with Crippen LogP contribution in [0.15, 0.2) is 60.1 Å². The quantitative estimate of drug-likeness (QED) is 0.142. The standard InChI is InChI=1S/C34H44FN7O2.C9H12N2O.C9H15NO/c1-6-8-26-20-36-34(38-31(26)7-2)37-27-11-10-25(30(35)18-27)17-33(44)41-15-13-40(14-16-41)29-21-42(22-29)28-12-9-23(3)32(19-28)39(5)24(4)43;1-6-5-11-9-8(7(6)2)10-3-4-12-9;1-6(2)9-7(3)4-5-8(11)10-9/h9-12,18-20,29H,6-8,13-17,21-22H2,1-5H3,(H,36,37,38);5,10H,3-4H2,1-2H3;7H,4-5H2,1-3H3,(H,10,11). The third-order valence-corrected chi connectivity index (χ3v) is 13.2. The largest absolute Gasteiger partial charge is 0.474 e. The molecule has 4 aliphatic rings. The maximum atomic E-state index is 15.0. The number of allylic oxidation sites excluding steroid dienone is 2. The van der Waals surface area contributed by atoms with Gasteiger partial charge in [-0.3, -0.25) is 19.3 Å². The molecule has 1 atom stereocenters. The molecule has 8 rings (SSSR count). The minimum atomic E-state index is -0.413. The van der Waals surface area contributed by atoms with Gasteiger partial charge in [0.25, 0.3) is 0 Å². The van der Waals surface area contributed by atoms with Gasteiger partial charge < -0.3 is 35.4 Å². The highest BCUT2D eigenvalue weighted by Crippen LogP contribution is 2.32. The van der Waals surface area contributed by atoms with Gasteiger partial charge in [-0.25, -0.2) is 19.3 Å². The minimum Gasteiger partial charge on any atom is -0.474 e. The van der Waals surface area contributed by atoms with Crippen LogP contribution in [0.4, 0.5) is 33.1 Å². The molecule has 3 saturated heterocycles. The lowest BCUT2D eigenvalue weighted by molar-refractivity contribution is -0.132. The first-order valence-corrected chi connectivity index (χ1v) is 23.9. The van der Waals surface area contributed by atoms with Crippen LogP contribution in [0, 0.1) is 32.5 Å². The minimum absolute atomic E-state index is 0.0142. The number of carbonyl (C=O) groups is 3. The summed E-state index contributed by atoms with van der Waals surface area (Å²) in [5, 5.41) is 9.30. The van der Waals surface area contributed by atoms with Gasteiger partial charge in [-0.1, -0.05) is 44.9 Å². The van der Waals surface area contributed by atoms with Crippen LogP contribution in [0.25, 0.3) is 0 Å². The van der Waals surface area contributed by atoms with E-state index >= 15 is 4.39 Å². The third kappa shape index (κ3) is 12.9. The van der Waals surface area contributed by atoms with E-state index in [1.165, 1.54) is 22.8 Å². The molecule has 4 aliphatic heterocycles. The highest BCUT2D eigenvalue weighted by Gasteiger charge is 2.35. The predicted octanol–water partition coefficient (Wildman–Crippen LogP) is 8.07. The van der Waals surface area contributed by atoms with E-state index in [0.29, 0.717) is 55.3 Å².